The molecule has 1 rings (SSSR count). The molecule has 90 valence electrons. The second kappa shape index (κ2) is 5.55. The van der Waals surface area contributed by atoms with Gasteiger partial charge in [0.2, 0.25) is 0 Å². The third-order valence-electron chi connectivity index (χ3n) is 2.10. The third kappa shape index (κ3) is 2.88. The molecule has 0 radical (unpaired) electrons. The van der Waals surface area contributed by atoms with Gasteiger partial charge in [-0.2, -0.15) is 5.26 Å². The lowest BCUT2D eigenvalue weighted by atomic mass is 10.00. The number of nitriles is 1. The highest BCUT2D eigenvalue weighted by molar-refractivity contribution is 6.17. The minimum atomic E-state index is -2.90. The highest BCUT2D eigenvalue weighted by Crippen LogP contribution is 2.29. The van der Waals surface area contributed by atoms with E-state index in [0.717, 1.165) is 6.20 Å². The molecule has 0 bridgehead atoms. The Labute approximate surface area is 100 Å². The van der Waals surface area contributed by atoms with Gasteiger partial charge in [0.25, 0.3) is 6.43 Å². The number of halogens is 3. The van der Waals surface area contributed by atoms with Crippen molar-refractivity contribution in [2.24, 2.45) is 0 Å². The van der Waals surface area contributed by atoms with Gasteiger partial charge in [0.15, 0.2) is 0 Å². The van der Waals surface area contributed by atoms with Crippen LogP contribution in [0.4, 0.5) is 8.78 Å². The second-order valence-corrected chi connectivity index (χ2v) is 3.41. The summed E-state index contributed by atoms with van der Waals surface area (Å²) in [4.78, 5) is 14.2. The molecular formula is C10H7ClF2N2O2. The van der Waals surface area contributed by atoms with Crippen molar-refractivity contribution in [2.75, 3.05) is 0 Å². The molecule has 0 amide bonds. The largest absolute Gasteiger partial charge is 0.481 e. The molecule has 1 aromatic rings. The quantitative estimate of drug-likeness (QED) is 0.843. The summed E-state index contributed by atoms with van der Waals surface area (Å²) >= 11 is 5.48. The van der Waals surface area contributed by atoms with Gasteiger partial charge in [-0.1, -0.05) is 0 Å². The minimum absolute atomic E-state index is 0.0388. The molecule has 7 heteroatoms. The van der Waals surface area contributed by atoms with Crippen LogP contribution in [-0.2, 0) is 17.1 Å². The Morgan fingerprint density at radius 1 is 1.65 bits per heavy atom. The molecule has 0 atom stereocenters. The number of nitrogens with zero attached hydrogens (tertiary/aromatic N) is 2. The Morgan fingerprint density at radius 2 is 2.29 bits per heavy atom. The van der Waals surface area contributed by atoms with Crippen LogP contribution < -0.4 is 0 Å². The Morgan fingerprint density at radius 3 is 2.71 bits per heavy atom. The Hall–Kier alpha value is -1.74. The molecule has 0 fully saturated rings. The number of carbonyl (C=O) groups is 1. The SMILES string of the molecule is N#Cc1ncc(CCl)c(C(F)F)c1CC(=O)O. The predicted molar refractivity (Wildman–Crippen MR) is 54.8 cm³/mol. The number of carboxylic acid groups (broad SMARTS) is 1. The lowest BCUT2D eigenvalue weighted by Gasteiger charge is -2.12. The van der Waals surface area contributed by atoms with E-state index in [-0.39, 0.29) is 22.7 Å². The number of aliphatic carboxylic acids is 1. The van der Waals surface area contributed by atoms with Gasteiger partial charge in [-0.25, -0.2) is 13.8 Å². The van der Waals surface area contributed by atoms with Crippen molar-refractivity contribution in [1.29, 1.82) is 5.26 Å². The van der Waals surface area contributed by atoms with Gasteiger partial charge in [-0.05, 0) is 5.56 Å². The number of hydrogen-bond acceptors (Lipinski definition) is 3. The van der Waals surface area contributed by atoms with Crippen molar-refractivity contribution in [1.82, 2.24) is 4.98 Å². The Kier molecular flexibility index (Phi) is 4.35. The fraction of sp³-hybridized carbons (Fsp3) is 0.300. The molecule has 17 heavy (non-hydrogen) atoms. The van der Waals surface area contributed by atoms with Crippen LogP contribution >= 0.6 is 11.6 Å². The van der Waals surface area contributed by atoms with Gasteiger partial charge in [0, 0.05) is 23.2 Å². The second-order valence-electron chi connectivity index (χ2n) is 3.14. The summed E-state index contributed by atoms with van der Waals surface area (Å²) < 4.78 is 25.7. The summed E-state index contributed by atoms with van der Waals surface area (Å²) in [6, 6.07) is 1.60. The van der Waals surface area contributed by atoms with E-state index < -0.39 is 24.4 Å². The molecule has 1 N–H and O–H groups in total. The smallest absolute Gasteiger partial charge is 0.307 e. The molecule has 1 aromatic heterocycles. The zero-order valence-corrected chi connectivity index (χ0v) is 9.21. The van der Waals surface area contributed by atoms with Crippen molar-refractivity contribution in [3.8, 4) is 6.07 Å². The maximum Gasteiger partial charge on any atom is 0.307 e. The first kappa shape index (κ1) is 13.3. The van der Waals surface area contributed by atoms with Crippen LogP contribution in [0, 0.1) is 11.3 Å². The van der Waals surface area contributed by atoms with Crippen LogP contribution in [0.1, 0.15) is 28.8 Å². The predicted octanol–water partition coefficient (Wildman–Crippen LogP) is 2.26. The van der Waals surface area contributed by atoms with E-state index in [9.17, 15) is 13.6 Å². The first-order valence-corrected chi connectivity index (χ1v) is 5.01. The van der Waals surface area contributed by atoms with Crippen molar-refractivity contribution in [2.45, 2.75) is 18.7 Å². The number of hydrogen-bond donors (Lipinski definition) is 1. The van der Waals surface area contributed by atoms with Gasteiger partial charge < -0.3 is 5.11 Å². The van der Waals surface area contributed by atoms with Crippen molar-refractivity contribution in [3.05, 3.63) is 28.6 Å². The van der Waals surface area contributed by atoms with E-state index >= 15 is 0 Å². The summed E-state index contributed by atoms with van der Waals surface area (Å²) in [5.74, 6) is -1.53. The van der Waals surface area contributed by atoms with Gasteiger partial charge in [0.1, 0.15) is 11.8 Å². The summed E-state index contributed by atoms with van der Waals surface area (Å²) in [6.07, 6.45) is -2.51. The summed E-state index contributed by atoms with van der Waals surface area (Å²) in [5.41, 5.74) is -1.05. The van der Waals surface area contributed by atoms with E-state index in [0.29, 0.717) is 0 Å². The van der Waals surface area contributed by atoms with E-state index in [1.54, 1.807) is 6.07 Å². The van der Waals surface area contributed by atoms with Crippen molar-refractivity contribution >= 4 is 17.6 Å². The van der Waals surface area contributed by atoms with E-state index in [1.165, 1.54) is 0 Å². The normalized spacial score (nSPS) is 10.3. The van der Waals surface area contributed by atoms with Crippen LogP contribution in [0.15, 0.2) is 6.20 Å². The maximum absolute atomic E-state index is 12.9. The van der Waals surface area contributed by atoms with Gasteiger partial charge in [-0.3, -0.25) is 4.79 Å². The summed E-state index contributed by atoms with van der Waals surface area (Å²) in [6.45, 7) is 0. The highest BCUT2D eigenvalue weighted by atomic mass is 35.5. The maximum atomic E-state index is 12.9. The summed E-state index contributed by atoms with van der Waals surface area (Å²) in [5, 5.41) is 17.4. The molecule has 0 unspecified atom stereocenters. The average molecular weight is 261 g/mol. The van der Waals surface area contributed by atoms with Crippen LogP contribution in [0.25, 0.3) is 0 Å². The molecule has 0 aliphatic rings. The molecule has 0 aliphatic heterocycles. The monoisotopic (exact) mass is 260 g/mol. The topological polar surface area (TPSA) is 74.0 Å². The third-order valence-corrected chi connectivity index (χ3v) is 2.39. The molecular weight excluding hydrogens is 254 g/mol. The average Bonchev–Trinajstić information content (AvgIpc) is 2.27. The summed E-state index contributed by atoms with van der Waals surface area (Å²) in [7, 11) is 0. The van der Waals surface area contributed by atoms with Crippen molar-refractivity contribution < 1.29 is 18.7 Å². The lowest BCUT2D eigenvalue weighted by molar-refractivity contribution is -0.136. The van der Waals surface area contributed by atoms with Crippen LogP contribution in [0.5, 0.6) is 0 Å². The zero-order valence-electron chi connectivity index (χ0n) is 8.45. The van der Waals surface area contributed by atoms with E-state index in [4.69, 9.17) is 22.0 Å². The lowest BCUT2D eigenvalue weighted by Crippen LogP contribution is -2.10. The number of rotatable bonds is 4. The highest BCUT2D eigenvalue weighted by Gasteiger charge is 2.23. The fourth-order valence-corrected chi connectivity index (χ4v) is 1.63. The molecule has 1 heterocycles. The van der Waals surface area contributed by atoms with Crippen LogP contribution in [-0.4, -0.2) is 16.1 Å². The van der Waals surface area contributed by atoms with Crippen LogP contribution in [0.2, 0.25) is 0 Å². The number of pyridine rings is 1. The molecule has 4 nitrogen and oxygen atoms in total. The first-order valence-electron chi connectivity index (χ1n) is 4.47. The Balaban J connectivity index is 3.47. The standard InChI is InChI=1S/C10H7ClF2N2O2/c11-2-5-4-15-7(3-14)6(1-8(16)17)9(5)10(12)13/h4,10H,1-2H2,(H,16,17). The van der Waals surface area contributed by atoms with Crippen molar-refractivity contribution in [3.63, 3.8) is 0 Å². The first-order chi connectivity index (χ1) is 8.01. The Bertz CT molecular complexity index is 486. The van der Waals surface area contributed by atoms with Gasteiger partial charge >= 0.3 is 5.97 Å². The molecule has 0 aromatic carbocycles. The number of carboxylic acids is 1. The van der Waals surface area contributed by atoms with Gasteiger partial charge in [-0.15, -0.1) is 11.6 Å². The minimum Gasteiger partial charge on any atom is -0.481 e. The molecule has 0 spiro atoms. The molecule has 0 saturated carbocycles. The van der Waals surface area contributed by atoms with E-state index in [2.05, 4.69) is 4.98 Å². The zero-order chi connectivity index (χ0) is 13.0. The molecule has 0 saturated heterocycles. The van der Waals surface area contributed by atoms with E-state index in [1.807, 2.05) is 0 Å². The van der Waals surface area contributed by atoms with Crippen LogP contribution in [0.3, 0.4) is 0 Å². The molecule has 0 aliphatic carbocycles. The number of alkyl halides is 3. The number of aromatic nitrogens is 1. The fourth-order valence-electron chi connectivity index (χ4n) is 1.42. The van der Waals surface area contributed by atoms with Gasteiger partial charge in [0.05, 0.1) is 6.42 Å².